The number of aromatic nitrogens is 2. The summed E-state index contributed by atoms with van der Waals surface area (Å²) in [4.78, 5) is 0. The number of benzene rings is 1. The van der Waals surface area contributed by atoms with E-state index in [0.29, 0.717) is 0 Å². The molecule has 3 N–H and O–H groups in total. The van der Waals surface area contributed by atoms with Crippen LogP contribution in [0.5, 0.6) is 0 Å². The first-order chi connectivity index (χ1) is 8.61. The Bertz CT molecular complexity index is 543. The molecule has 1 aromatic heterocycles. The summed E-state index contributed by atoms with van der Waals surface area (Å²) in [7, 11) is 1.91. The molecule has 0 radical (unpaired) electrons. The molecule has 96 valence electrons. The van der Waals surface area contributed by atoms with Crippen molar-refractivity contribution < 1.29 is 0 Å². The second-order valence-electron chi connectivity index (χ2n) is 4.58. The number of hydrogen-bond donors (Lipinski definition) is 2. The van der Waals surface area contributed by atoms with Gasteiger partial charge in [-0.25, -0.2) is 0 Å². The number of nitrogens with one attached hydrogen (secondary N) is 1. The van der Waals surface area contributed by atoms with Crippen LogP contribution >= 0.6 is 0 Å². The van der Waals surface area contributed by atoms with Crippen LogP contribution in [0.2, 0.25) is 0 Å². The van der Waals surface area contributed by atoms with Crippen LogP contribution in [-0.2, 0) is 13.5 Å². The molecular weight excluding hydrogens is 224 g/mol. The average molecular weight is 244 g/mol. The zero-order valence-corrected chi connectivity index (χ0v) is 11.2. The van der Waals surface area contributed by atoms with E-state index in [1.165, 1.54) is 5.56 Å². The predicted octanol–water partition coefficient (Wildman–Crippen LogP) is 3.01. The highest BCUT2D eigenvalue weighted by Crippen LogP contribution is 2.26. The van der Waals surface area contributed by atoms with Crippen LogP contribution in [0.4, 0.5) is 17.2 Å². The third kappa shape index (κ3) is 2.47. The van der Waals surface area contributed by atoms with Crippen LogP contribution in [0.1, 0.15) is 24.6 Å². The topological polar surface area (TPSA) is 55.9 Å². The highest BCUT2D eigenvalue weighted by atomic mass is 15.3. The normalized spacial score (nSPS) is 10.6. The summed E-state index contributed by atoms with van der Waals surface area (Å²) in [6.45, 7) is 4.20. The van der Waals surface area contributed by atoms with Crippen molar-refractivity contribution in [2.45, 2.75) is 26.7 Å². The summed E-state index contributed by atoms with van der Waals surface area (Å²) in [5.41, 5.74) is 10.1. The average Bonchev–Trinajstić information content (AvgIpc) is 2.58. The minimum atomic E-state index is 0.751. The summed E-state index contributed by atoms with van der Waals surface area (Å²) in [5, 5.41) is 7.78. The molecule has 4 nitrogen and oxygen atoms in total. The number of nitrogens with two attached hydrogens (primary N) is 1. The summed E-state index contributed by atoms with van der Waals surface area (Å²) >= 11 is 0. The zero-order chi connectivity index (χ0) is 13.1. The van der Waals surface area contributed by atoms with Crippen molar-refractivity contribution in [3.63, 3.8) is 0 Å². The molecule has 0 fully saturated rings. The maximum Gasteiger partial charge on any atom is 0.152 e. The van der Waals surface area contributed by atoms with Gasteiger partial charge in [-0.1, -0.05) is 25.5 Å². The van der Waals surface area contributed by atoms with Crippen LogP contribution in [0.3, 0.4) is 0 Å². The van der Waals surface area contributed by atoms with Crippen molar-refractivity contribution in [2.24, 2.45) is 7.05 Å². The number of nitrogen functional groups attached to an aromatic ring is 1. The fourth-order valence-electron chi connectivity index (χ4n) is 2.03. The zero-order valence-electron chi connectivity index (χ0n) is 11.2. The largest absolute Gasteiger partial charge is 0.394 e. The Hall–Kier alpha value is -1.97. The standard InChI is InChI=1S/C14H20N4/c1-4-6-12-13(15)14(18(3)17-12)16-11-8-5-7-10(2)9-11/h5,7-9,16H,4,6,15H2,1-3H3. The van der Waals surface area contributed by atoms with Crippen molar-refractivity contribution in [1.82, 2.24) is 9.78 Å². The van der Waals surface area contributed by atoms with Gasteiger partial charge in [0.25, 0.3) is 0 Å². The van der Waals surface area contributed by atoms with Crippen molar-refractivity contribution in [1.29, 1.82) is 0 Å². The monoisotopic (exact) mass is 244 g/mol. The Labute approximate surface area is 108 Å². The summed E-state index contributed by atoms with van der Waals surface area (Å²) < 4.78 is 1.81. The number of aryl methyl sites for hydroxylation is 3. The third-order valence-corrected chi connectivity index (χ3v) is 2.93. The molecule has 2 aromatic rings. The molecule has 0 bridgehead atoms. The first kappa shape index (κ1) is 12.5. The highest BCUT2D eigenvalue weighted by Gasteiger charge is 2.12. The van der Waals surface area contributed by atoms with E-state index in [4.69, 9.17) is 5.73 Å². The van der Waals surface area contributed by atoms with Gasteiger partial charge < -0.3 is 11.1 Å². The maximum atomic E-state index is 6.13. The minimum Gasteiger partial charge on any atom is -0.394 e. The molecule has 1 aromatic carbocycles. The lowest BCUT2D eigenvalue weighted by molar-refractivity contribution is 0.740. The van der Waals surface area contributed by atoms with Gasteiger partial charge in [0.15, 0.2) is 5.82 Å². The Morgan fingerprint density at radius 1 is 1.39 bits per heavy atom. The Balaban J connectivity index is 2.29. The van der Waals surface area contributed by atoms with Crippen LogP contribution in [0.25, 0.3) is 0 Å². The van der Waals surface area contributed by atoms with Gasteiger partial charge in [0.2, 0.25) is 0 Å². The van der Waals surface area contributed by atoms with Gasteiger partial charge in [-0.3, -0.25) is 4.68 Å². The third-order valence-electron chi connectivity index (χ3n) is 2.93. The lowest BCUT2D eigenvalue weighted by Crippen LogP contribution is -2.01. The number of nitrogens with zero attached hydrogens (tertiary/aromatic N) is 2. The van der Waals surface area contributed by atoms with E-state index in [1.54, 1.807) is 0 Å². The summed E-state index contributed by atoms with van der Waals surface area (Å²) in [5.74, 6) is 0.865. The van der Waals surface area contributed by atoms with E-state index in [1.807, 2.05) is 23.9 Å². The van der Waals surface area contributed by atoms with E-state index in [-0.39, 0.29) is 0 Å². The first-order valence-corrected chi connectivity index (χ1v) is 6.27. The molecule has 18 heavy (non-hydrogen) atoms. The summed E-state index contributed by atoms with van der Waals surface area (Å²) in [6, 6.07) is 8.21. The molecule has 0 spiro atoms. The molecule has 0 aliphatic heterocycles. The van der Waals surface area contributed by atoms with E-state index >= 15 is 0 Å². The van der Waals surface area contributed by atoms with Gasteiger partial charge in [0, 0.05) is 12.7 Å². The molecule has 0 amide bonds. The lowest BCUT2D eigenvalue weighted by atomic mass is 10.2. The maximum absolute atomic E-state index is 6.13. The molecule has 0 aliphatic rings. The lowest BCUT2D eigenvalue weighted by Gasteiger charge is -2.08. The fourth-order valence-corrected chi connectivity index (χ4v) is 2.03. The van der Waals surface area contributed by atoms with E-state index in [0.717, 1.165) is 35.7 Å². The number of rotatable bonds is 4. The second-order valence-corrected chi connectivity index (χ2v) is 4.58. The molecule has 1 heterocycles. The summed E-state index contributed by atoms with van der Waals surface area (Å²) in [6.07, 6.45) is 1.96. The molecule has 0 saturated heterocycles. The van der Waals surface area contributed by atoms with Crippen LogP contribution < -0.4 is 11.1 Å². The Morgan fingerprint density at radius 3 is 2.83 bits per heavy atom. The number of anilines is 3. The minimum absolute atomic E-state index is 0.751. The van der Waals surface area contributed by atoms with Crippen molar-refractivity contribution >= 4 is 17.2 Å². The van der Waals surface area contributed by atoms with Crippen LogP contribution in [-0.4, -0.2) is 9.78 Å². The van der Waals surface area contributed by atoms with Gasteiger partial charge in [-0.15, -0.1) is 0 Å². The Morgan fingerprint density at radius 2 is 2.17 bits per heavy atom. The predicted molar refractivity (Wildman–Crippen MR) is 76.1 cm³/mol. The van der Waals surface area contributed by atoms with Gasteiger partial charge in [0.1, 0.15) is 0 Å². The molecule has 0 aliphatic carbocycles. The van der Waals surface area contributed by atoms with Gasteiger partial charge in [-0.2, -0.15) is 5.10 Å². The molecule has 2 rings (SSSR count). The van der Waals surface area contributed by atoms with Crippen molar-refractivity contribution in [2.75, 3.05) is 11.1 Å². The quantitative estimate of drug-likeness (QED) is 0.869. The molecule has 4 heteroatoms. The molecule has 0 saturated carbocycles. The van der Waals surface area contributed by atoms with E-state index < -0.39 is 0 Å². The van der Waals surface area contributed by atoms with Crippen molar-refractivity contribution in [3.8, 4) is 0 Å². The highest BCUT2D eigenvalue weighted by molar-refractivity contribution is 5.71. The van der Waals surface area contributed by atoms with Gasteiger partial charge >= 0.3 is 0 Å². The molecule has 0 unspecified atom stereocenters. The first-order valence-electron chi connectivity index (χ1n) is 6.27. The van der Waals surface area contributed by atoms with E-state index in [9.17, 15) is 0 Å². The smallest absolute Gasteiger partial charge is 0.152 e. The van der Waals surface area contributed by atoms with Crippen LogP contribution in [0.15, 0.2) is 24.3 Å². The van der Waals surface area contributed by atoms with Crippen LogP contribution in [0, 0.1) is 6.92 Å². The van der Waals surface area contributed by atoms with Crippen molar-refractivity contribution in [3.05, 3.63) is 35.5 Å². The number of hydrogen-bond acceptors (Lipinski definition) is 3. The Kier molecular flexibility index (Phi) is 3.55. The van der Waals surface area contributed by atoms with Gasteiger partial charge in [-0.05, 0) is 31.0 Å². The molecule has 0 atom stereocenters. The van der Waals surface area contributed by atoms with Gasteiger partial charge in [0.05, 0.1) is 11.4 Å². The SMILES string of the molecule is CCCc1nn(C)c(Nc2cccc(C)c2)c1N. The van der Waals surface area contributed by atoms with E-state index in [2.05, 4.69) is 36.4 Å². The molecular formula is C14H20N4. The fraction of sp³-hybridized carbons (Fsp3) is 0.357. The second kappa shape index (κ2) is 5.12.